The van der Waals surface area contributed by atoms with Crippen LogP contribution in [0.2, 0.25) is 0 Å². The Morgan fingerprint density at radius 1 is 1.42 bits per heavy atom. The van der Waals surface area contributed by atoms with Gasteiger partial charge in [0.25, 0.3) is 0 Å². The van der Waals surface area contributed by atoms with E-state index in [1.165, 1.54) is 0 Å². The molecule has 0 unspecified atom stereocenters. The van der Waals surface area contributed by atoms with Crippen LogP contribution >= 0.6 is 0 Å². The summed E-state index contributed by atoms with van der Waals surface area (Å²) in [7, 11) is 1.58. The molecular formula is C13H15N3O3. The van der Waals surface area contributed by atoms with Gasteiger partial charge in [-0.05, 0) is 0 Å². The van der Waals surface area contributed by atoms with Gasteiger partial charge in [-0.15, -0.1) is 5.10 Å². The summed E-state index contributed by atoms with van der Waals surface area (Å²) in [5, 5.41) is 18.8. The average Bonchev–Trinajstić information content (AvgIpc) is 2.42. The minimum absolute atomic E-state index is 0.133. The van der Waals surface area contributed by atoms with Gasteiger partial charge in [-0.2, -0.15) is 5.10 Å². The van der Waals surface area contributed by atoms with Crippen molar-refractivity contribution in [2.75, 3.05) is 31.7 Å². The summed E-state index contributed by atoms with van der Waals surface area (Å²) in [5.41, 5.74) is 0. The summed E-state index contributed by atoms with van der Waals surface area (Å²) < 4.78 is 5.00. The van der Waals surface area contributed by atoms with Crippen LogP contribution in [0.3, 0.4) is 0 Å². The molecule has 0 fully saturated rings. The molecule has 2 aromatic rings. The van der Waals surface area contributed by atoms with Gasteiger partial charge in [0.2, 0.25) is 0 Å². The van der Waals surface area contributed by atoms with E-state index in [0.29, 0.717) is 19.0 Å². The lowest BCUT2D eigenvalue weighted by Crippen LogP contribution is -2.33. The van der Waals surface area contributed by atoms with Crippen LogP contribution in [0.25, 0.3) is 10.8 Å². The third-order valence-electron chi connectivity index (χ3n) is 2.74. The van der Waals surface area contributed by atoms with E-state index in [9.17, 15) is 4.79 Å². The molecule has 1 heterocycles. The molecule has 0 saturated heterocycles. The molecule has 1 aromatic heterocycles. The number of rotatable bonds is 6. The lowest BCUT2D eigenvalue weighted by atomic mass is 10.2. The van der Waals surface area contributed by atoms with Gasteiger partial charge in [0.1, 0.15) is 6.54 Å². The zero-order valence-electron chi connectivity index (χ0n) is 10.6. The monoisotopic (exact) mass is 261 g/mol. The molecule has 1 aromatic carbocycles. The van der Waals surface area contributed by atoms with E-state index in [0.717, 1.165) is 10.8 Å². The fraction of sp³-hybridized carbons (Fsp3) is 0.308. The molecule has 0 radical (unpaired) electrons. The average molecular weight is 261 g/mol. The quantitative estimate of drug-likeness (QED) is 0.841. The van der Waals surface area contributed by atoms with Gasteiger partial charge >= 0.3 is 5.97 Å². The molecule has 2 rings (SSSR count). The van der Waals surface area contributed by atoms with Gasteiger partial charge in [0.15, 0.2) is 5.82 Å². The largest absolute Gasteiger partial charge is 0.480 e. The molecule has 0 spiro atoms. The molecule has 0 aliphatic carbocycles. The Labute approximate surface area is 110 Å². The summed E-state index contributed by atoms with van der Waals surface area (Å²) in [6.07, 6.45) is 1.66. The smallest absolute Gasteiger partial charge is 0.323 e. The highest BCUT2D eigenvalue weighted by molar-refractivity contribution is 5.92. The van der Waals surface area contributed by atoms with Gasteiger partial charge in [0, 0.05) is 24.4 Å². The number of aliphatic carboxylic acids is 1. The first-order valence-corrected chi connectivity index (χ1v) is 5.88. The number of benzene rings is 1. The zero-order chi connectivity index (χ0) is 13.7. The first-order valence-electron chi connectivity index (χ1n) is 5.88. The van der Waals surface area contributed by atoms with Gasteiger partial charge in [-0.1, -0.05) is 24.3 Å². The third kappa shape index (κ3) is 3.17. The maximum Gasteiger partial charge on any atom is 0.323 e. The SMILES string of the molecule is COCCN(CC(=O)O)c1nncc2ccccc12. The van der Waals surface area contributed by atoms with Crippen molar-refractivity contribution in [3.63, 3.8) is 0 Å². The Morgan fingerprint density at radius 2 is 2.21 bits per heavy atom. The van der Waals surface area contributed by atoms with E-state index in [1.54, 1.807) is 18.2 Å². The fourth-order valence-electron chi connectivity index (χ4n) is 1.87. The van der Waals surface area contributed by atoms with Crippen molar-refractivity contribution in [1.82, 2.24) is 10.2 Å². The summed E-state index contributed by atoms with van der Waals surface area (Å²) >= 11 is 0. The van der Waals surface area contributed by atoms with E-state index >= 15 is 0 Å². The highest BCUT2D eigenvalue weighted by Crippen LogP contribution is 2.22. The molecule has 0 bridgehead atoms. The maximum absolute atomic E-state index is 11.0. The predicted octanol–water partition coefficient (Wildman–Crippen LogP) is 1.17. The van der Waals surface area contributed by atoms with E-state index in [4.69, 9.17) is 9.84 Å². The molecule has 100 valence electrons. The van der Waals surface area contributed by atoms with Crippen LogP contribution in [0.5, 0.6) is 0 Å². The predicted molar refractivity (Wildman–Crippen MR) is 71.3 cm³/mol. The van der Waals surface area contributed by atoms with Crippen molar-refractivity contribution < 1.29 is 14.6 Å². The fourth-order valence-corrected chi connectivity index (χ4v) is 1.87. The van der Waals surface area contributed by atoms with Crippen molar-refractivity contribution in [2.24, 2.45) is 0 Å². The Balaban J connectivity index is 2.39. The van der Waals surface area contributed by atoms with Gasteiger partial charge in [-0.3, -0.25) is 4.79 Å². The number of hydrogen-bond acceptors (Lipinski definition) is 5. The minimum atomic E-state index is -0.911. The Kier molecular flexibility index (Phi) is 4.25. The molecule has 0 atom stereocenters. The van der Waals surface area contributed by atoms with Crippen LogP contribution < -0.4 is 4.90 Å². The van der Waals surface area contributed by atoms with Crippen LogP contribution in [0.15, 0.2) is 30.5 Å². The number of carboxylic acid groups (broad SMARTS) is 1. The summed E-state index contributed by atoms with van der Waals surface area (Å²) in [5.74, 6) is -0.344. The van der Waals surface area contributed by atoms with Gasteiger partial charge in [0.05, 0.1) is 12.8 Å². The number of fused-ring (bicyclic) bond motifs is 1. The molecule has 19 heavy (non-hydrogen) atoms. The number of anilines is 1. The summed E-state index contributed by atoms with van der Waals surface area (Å²) in [6, 6.07) is 7.62. The van der Waals surface area contributed by atoms with Crippen LogP contribution in [-0.4, -0.2) is 48.1 Å². The third-order valence-corrected chi connectivity index (χ3v) is 2.74. The van der Waals surface area contributed by atoms with Crippen molar-refractivity contribution >= 4 is 22.6 Å². The second-order valence-corrected chi connectivity index (χ2v) is 4.06. The molecule has 6 nitrogen and oxygen atoms in total. The number of hydrogen-bond donors (Lipinski definition) is 1. The summed E-state index contributed by atoms with van der Waals surface area (Å²) in [4.78, 5) is 12.6. The molecule has 0 amide bonds. The van der Waals surface area contributed by atoms with Crippen LogP contribution in [-0.2, 0) is 9.53 Å². The topological polar surface area (TPSA) is 75.5 Å². The number of nitrogens with zero attached hydrogens (tertiary/aromatic N) is 3. The number of ether oxygens (including phenoxy) is 1. The van der Waals surface area contributed by atoms with Crippen molar-refractivity contribution in [3.05, 3.63) is 30.5 Å². The maximum atomic E-state index is 11.0. The van der Waals surface area contributed by atoms with Crippen LogP contribution in [0.4, 0.5) is 5.82 Å². The lowest BCUT2D eigenvalue weighted by Gasteiger charge is -2.21. The number of carboxylic acids is 1. The van der Waals surface area contributed by atoms with Crippen molar-refractivity contribution in [3.8, 4) is 0 Å². The van der Waals surface area contributed by atoms with E-state index < -0.39 is 5.97 Å². The van der Waals surface area contributed by atoms with Gasteiger partial charge < -0.3 is 14.7 Å². The molecule has 0 aliphatic rings. The van der Waals surface area contributed by atoms with E-state index in [2.05, 4.69) is 10.2 Å². The number of aromatic nitrogens is 2. The Hall–Kier alpha value is -2.21. The normalized spacial score (nSPS) is 10.6. The molecule has 0 aliphatic heterocycles. The second-order valence-electron chi connectivity index (χ2n) is 4.06. The molecular weight excluding hydrogens is 246 g/mol. The highest BCUT2D eigenvalue weighted by atomic mass is 16.5. The van der Waals surface area contributed by atoms with Crippen LogP contribution in [0.1, 0.15) is 0 Å². The Bertz CT molecular complexity index is 569. The second kappa shape index (κ2) is 6.10. The highest BCUT2D eigenvalue weighted by Gasteiger charge is 2.15. The molecule has 1 N–H and O–H groups in total. The van der Waals surface area contributed by atoms with Crippen LogP contribution in [0, 0.1) is 0 Å². The lowest BCUT2D eigenvalue weighted by molar-refractivity contribution is -0.135. The Morgan fingerprint density at radius 3 is 2.95 bits per heavy atom. The molecule has 0 saturated carbocycles. The zero-order valence-corrected chi connectivity index (χ0v) is 10.6. The van der Waals surface area contributed by atoms with E-state index in [-0.39, 0.29) is 6.54 Å². The van der Waals surface area contributed by atoms with Gasteiger partial charge in [-0.25, -0.2) is 0 Å². The minimum Gasteiger partial charge on any atom is -0.480 e. The molecule has 6 heteroatoms. The van der Waals surface area contributed by atoms with E-state index in [1.807, 2.05) is 24.3 Å². The summed E-state index contributed by atoms with van der Waals surface area (Å²) in [6.45, 7) is 0.746. The number of methoxy groups -OCH3 is 1. The first-order chi connectivity index (χ1) is 9.22. The van der Waals surface area contributed by atoms with Crippen molar-refractivity contribution in [2.45, 2.75) is 0 Å². The first kappa shape index (κ1) is 13.2. The standard InChI is InChI=1S/C13H15N3O3/c1-19-7-6-16(9-12(17)18)13-11-5-3-2-4-10(11)8-14-15-13/h2-5,8H,6-7,9H2,1H3,(H,17,18). The van der Waals surface area contributed by atoms with Crippen molar-refractivity contribution in [1.29, 1.82) is 0 Å². The number of carbonyl (C=O) groups is 1.